The molecule has 1 amide bonds. The Labute approximate surface area is 113 Å². The van der Waals surface area contributed by atoms with Crippen molar-refractivity contribution in [1.82, 2.24) is 4.98 Å². The van der Waals surface area contributed by atoms with E-state index >= 15 is 0 Å². The van der Waals surface area contributed by atoms with Crippen molar-refractivity contribution >= 4 is 27.5 Å². The number of rotatable bonds is 2. The topological polar surface area (TPSA) is 62.2 Å². The quantitative estimate of drug-likeness (QED) is 0.896. The molecular weight excluding hydrogens is 296 g/mol. The lowest BCUT2D eigenvalue weighted by atomic mass is 10.2. The van der Waals surface area contributed by atoms with Crippen molar-refractivity contribution in [2.45, 2.75) is 6.92 Å². The maximum Gasteiger partial charge on any atom is 0.257 e. The summed E-state index contributed by atoms with van der Waals surface area (Å²) in [6.07, 6.45) is 2.68. The molecule has 0 radical (unpaired) electrons. The van der Waals surface area contributed by atoms with Gasteiger partial charge in [0.25, 0.3) is 5.91 Å². The van der Waals surface area contributed by atoms with Gasteiger partial charge in [0.1, 0.15) is 5.75 Å². The molecule has 1 aromatic heterocycles. The minimum absolute atomic E-state index is 0.0337. The van der Waals surface area contributed by atoms with E-state index in [2.05, 4.69) is 26.2 Å². The first kappa shape index (κ1) is 12.6. The Kier molecular flexibility index (Phi) is 3.62. The molecule has 5 heteroatoms. The minimum Gasteiger partial charge on any atom is -0.506 e. The summed E-state index contributed by atoms with van der Waals surface area (Å²) in [5.74, 6) is -0.340. The number of nitrogens with one attached hydrogen (secondary N) is 1. The summed E-state index contributed by atoms with van der Waals surface area (Å²) < 4.78 is 0.887. The number of pyridine rings is 1. The standard InChI is InChI=1S/C13H11BrN2O2/c1-8-2-3-10(14)5-12(8)16-13(18)9-4-11(17)7-15-6-9/h2-7,17H,1H3,(H,16,18). The van der Waals surface area contributed by atoms with Crippen molar-refractivity contribution < 1.29 is 9.90 Å². The highest BCUT2D eigenvalue weighted by atomic mass is 79.9. The van der Waals surface area contributed by atoms with Crippen LogP contribution in [0.25, 0.3) is 0 Å². The minimum atomic E-state index is -0.306. The van der Waals surface area contributed by atoms with Crippen LogP contribution < -0.4 is 5.32 Å². The van der Waals surface area contributed by atoms with Gasteiger partial charge in [-0.05, 0) is 30.7 Å². The van der Waals surface area contributed by atoms with Gasteiger partial charge in [0.15, 0.2) is 0 Å². The molecule has 1 aromatic carbocycles. The van der Waals surface area contributed by atoms with Gasteiger partial charge in [-0.25, -0.2) is 0 Å². The molecule has 0 aliphatic rings. The molecule has 0 saturated heterocycles. The van der Waals surface area contributed by atoms with Crippen LogP contribution in [0.5, 0.6) is 5.75 Å². The molecule has 0 unspecified atom stereocenters. The summed E-state index contributed by atoms with van der Waals surface area (Å²) in [6, 6.07) is 7.00. The smallest absolute Gasteiger partial charge is 0.257 e. The molecule has 92 valence electrons. The van der Waals surface area contributed by atoms with Crippen LogP contribution in [0.3, 0.4) is 0 Å². The number of anilines is 1. The van der Waals surface area contributed by atoms with E-state index in [0.717, 1.165) is 15.7 Å². The molecule has 4 nitrogen and oxygen atoms in total. The molecule has 2 aromatic rings. The second-order valence-corrected chi connectivity index (χ2v) is 4.76. The third-order valence-electron chi connectivity index (χ3n) is 2.43. The average Bonchev–Trinajstić information content (AvgIpc) is 2.34. The van der Waals surface area contributed by atoms with E-state index in [4.69, 9.17) is 0 Å². The highest BCUT2D eigenvalue weighted by Crippen LogP contribution is 2.21. The zero-order chi connectivity index (χ0) is 13.1. The van der Waals surface area contributed by atoms with E-state index in [0.29, 0.717) is 5.56 Å². The second-order valence-electron chi connectivity index (χ2n) is 3.85. The summed E-state index contributed by atoms with van der Waals surface area (Å²) in [5.41, 5.74) is 1.99. The zero-order valence-corrected chi connectivity index (χ0v) is 11.2. The number of hydrogen-bond acceptors (Lipinski definition) is 3. The summed E-state index contributed by atoms with van der Waals surface area (Å²) >= 11 is 3.35. The molecule has 0 bridgehead atoms. The molecule has 0 aliphatic carbocycles. The number of aromatic nitrogens is 1. The predicted octanol–water partition coefficient (Wildman–Crippen LogP) is 3.11. The number of amides is 1. The van der Waals surface area contributed by atoms with E-state index in [-0.39, 0.29) is 11.7 Å². The van der Waals surface area contributed by atoms with Crippen molar-refractivity contribution in [2.75, 3.05) is 5.32 Å². The van der Waals surface area contributed by atoms with Crippen LogP contribution in [0, 0.1) is 6.92 Å². The monoisotopic (exact) mass is 306 g/mol. The van der Waals surface area contributed by atoms with Crippen molar-refractivity contribution in [3.63, 3.8) is 0 Å². The Hall–Kier alpha value is -1.88. The predicted molar refractivity (Wildman–Crippen MR) is 72.7 cm³/mol. The van der Waals surface area contributed by atoms with Crippen LogP contribution in [-0.2, 0) is 0 Å². The van der Waals surface area contributed by atoms with Crippen LogP contribution >= 0.6 is 15.9 Å². The van der Waals surface area contributed by atoms with Crippen molar-refractivity contribution in [2.24, 2.45) is 0 Å². The van der Waals surface area contributed by atoms with Crippen LogP contribution in [0.15, 0.2) is 41.1 Å². The van der Waals surface area contributed by atoms with Gasteiger partial charge in [-0.1, -0.05) is 22.0 Å². The summed E-state index contributed by atoms with van der Waals surface area (Å²) in [5, 5.41) is 12.1. The van der Waals surface area contributed by atoms with Gasteiger partial charge in [0, 0.05) is 16.4 Å². The van der Waals surface area contributed by atoms with Gasteiger partial charge >= 0.3 is 0 Å². The molecule has 18 heavy (non-hydrogen) atoms. The maximum absolute atomic E-state index is 12.0. The van der Waals surface area contributed by atoms with E-state index in [1.807, 2.05) is 25.1 Å². The first-order valence-corrected chi connectivity index (χ1v) is 6.07. The fourth-order valence-corrected chi connectivity index (χ4v) is 1.84. The van der Waals surface area contributed by atoms with E-state index < -0.39 is 0 Å². The molecule has 0 spiro atoms. The maximum atomic E-state index is 12.0. The third-order valence-corrected chi connectivity index (χ3v) is 2.93. The van der Waals surface area contributed by atoms with Crippen LogP contribution in [0.2, 0.25) is 0 Å². The van der Waals surface area contributed by atoms with Crippen LogP contribution in [0.4, 0.5) is 5.69 Å². The number of benzene rings is 1. The highest BCUT2D eigenvalue weighted by Gasteiger charge is 2.09. The zero-order valence-electron chi connectivity index (χ0n) is 9.64. The Balaban J connectivity index is 2.24. The second kappa shape index (κ2) is 5.18. The van der Waals surface area contributed by atoms with Crippen molar-refractivity contribution in [1.29, 1.82) is 0 Å². The summed E-state index contributed by atoms with van der Waals surface area (Å²) in [4.78, 5) is 15.7. The summed E-state index contributed by atoms with van der Waals surface area (Å²) in [7, 11) is 0. The highest BCUT2D eigenvalue weighted by molar-refractivity contribution is 9.10. The number of carbonyl (C=O) groups excluding carboxylic acids is 1. The van der Waals surface area contributed by atoms with Gasteiger partial charge in [0.05, 0.1) is 11.8 Å². The first-order valence-electron chi connectivity index (χ1n) is 5.28. The lowest BCUT2D eigenvalue weighted by Gasteiger charge is -2.08. The van der Waals surface area contributed by atoms with Crippen LogP contribution in [-0.4, -0.2) is 16.0 Å². The first-order chi connectivity index (χ1) is 8.56. The molecular formula is C13H11BrN2O2. The molecule has 2 rings (SSSR count). The van der Waals surface area contributed by atoms with Crippen LogP contribution in [0.1, 0.15) is 15.9 Å². The lowest BCUT2D eigenvalue weighted by Crippen LogP contribution is -2.12. The van der Waals surface area contributed by atoms with Gasteiger partial charge in [-0.2, -0.15) is 0 Å². The fourth-order valence-electron chi connectivity index (χ4n) is 1.48. The third kappa shape index (κ3) is 2.87. The molecule has 1 heterocycles. The van der Waals surface area contributed by atoms with Gasteiger partial charge in [-0.15, -0.1) is 0 Å². The number of carbonyl (C=O) groups is 1. The Morgan fingerprint density at radius 2 is 2.11 bits per heavy atom. The fraction of sp³-hybridized carbons (Fsp3) is 0.0769. The Morgan fingerprint density at radius 3 is 2.83 bits per heavy atom. The molecule has 2 N–H and O–H groups in total. The molecule has 0 saturated carbocycles. The normalized spacial score (nSPS) is 10.1. The number of halogens is 1. The van der Waals surface area contributed by atoms with Gasteiger partial charge in [-0.3, -0.25) is 9.78 Å². The lowest BCUT2D eigenvalue weighted by molar-refractivity contribution is 0.102. The van der Waals surface area contributed by atoms with Gasteiger partial charge < -0.3 is 10.4 Å². The van der Waals surface area contributed by atoms with Crippen molar-refractivity contribution in [3.8, 4) is 5.75 Å². The number of aryl methyl sites for hydroxylation is 1. The largest absolute Gasteiger partial charge is 0.506 e. The van der Waals surface area contributed by atoms with Gasteiger partial charge in [0.2, 0.25) is 0 Å². The number of nitrogens with zero attached hydrogens (tertiary/aromatic N) is 1. The SMILES string of the molecule is Cc1ccc(Br)cc1NC(=O)c1cncc(O)c1. The van der Waals surface area contributed by atoms with E-state index in [1.54, 1.807) is 0 Å². The molecule has 0 fully saturated rings. The average molecular weight is 307 g/mol. The van der Waals surface area contributed by atoms with E-state index in [1.165, 1.54) is 18.5 Å². The Morgan fingerprint density at radius 1 is 1.33 bits per heavy atom. The van der Waals surface area contributed by atoms with E-state index in [9.17, 15) is 9.90 Å². The number of aromatic hydroxyl groups is 1. The summed E-state index contributed by atoms with van der Waals surface area (Å²) in [6.45, 7) is 1.91. The van der Waals surface area contributed by atoms with Crippen molar-refractivity contribution in [3.05, 3.63) is 52.3 Å². The Bertz CT molecular complexity index is 599. The molecule has 0 aliphatic heterocycles. The number of hydrogen-bond donors (Lipinski definition) is 2. The molecule has 0 atom stereocenters.